The number of rotatable bonds is 6. The molecular weight excluding hydrogens is 389 g/mol. The largest absolute Gasteiger partial charge is 0.497 e. The monoisotopic (exact) mass is 417 g/mol. The lowest BCUT2D eigenvalue weighted by Crippen LogP contribution is -2.48. The molecule has 5 heteroatoms. The summed E-state index contributed by atoms with van der Waals surface area (Å²) in [5.41, 5.74) is 1.14. The molecule has 2 atom stereocenters. The zero-order valence-electron chi connectivity index (χ0n) is 17.3. The number of aliphatic hydroxyl groups is 1. The highest BCUT2D eigenvalue weighted by molar-refractivity contribution is 6.31. The van der Waals surface area contributed by atoms with Crippen LogP contribution in [0.5, 0.6) is 5.75 Å². The molecule has 0 spiro atoms. The summed E-state index contributed by atoms with van der Waals surface area (Å²) in [4.78, 5) is 2.08. The fourth-order valence-corrected chi connectivity index (χ4v) is 4.50. The third kappa shape index (κ3) is 5.00. The Morgan fingerprint density at radius 2 is 1.97 bits per heavy atom. The first-order valence-electron chi connectivity index (χ1n) is 9.98. The molecule has 1 fully saturated rings. The summed E-state index contributed by atoms with van der Waals surface area (Å²) in [7, 11) is 5.63. The molecule has 0 aliphatic heterocycles. The van der Waals surface area contributed by atoms with Crippen molar-refractivity contribution in [1.29, 1.82) is 0 Å². The predicted octanol–water partition coefficient (Wildman–Crippen LogP) is 5.21. The fraction of sp³-hybridized carbons (Fsp3) is 0.417. The van der Waals surface area contributed by atoms with Crippen LogP contribution in [0.1, 0.15) is 30.4 Å². The molecule has 1 aliphatic carbocycles. The maximum absolute atomic E-state index is 14.6. The van der Waals surface area contributed by atoms with Crippen molar-refractivity contribution in [3.8, 4) is 5.75 Å². The number of benzene rings is 2. The second-order valence-corrected chi connectivity index (χ2v) is 8.50. The van der Waals surface area contributed by atoms with Gasteiger partial charge >= 0.3 is 0 Å². The molecule has 29 heavy (non-hydrogen) atoms. The highest BCUT2D eigenvalue weighted by Crippen LogP contribution is 2.43. The summed E-state index contributed by atoms with van der Waals surface area (Å²) >= 11 is 6.31. The van der Waals surface area contributed by atoms with Gasteiger partial charge in [-0.3, -0.25) is 0 Å². The fourth-order valence-electron chi connectivity index (χ4n) is 4.27. The predicted molar refractivity (Wildman–Crippen MR) is 117 cm³/mol. The lowest BCUT2D eigenvalue weighted by Gasteiger charge is -2.44. The maximum atomic E-state index is 14.6. The van der Waals surface area contributed by atoms with Crippen molar-refractivity contribution in [2.45, 2.75) is 31.3 Å². The average molecular weight is 418 g/mol. The summed E-state index contributed by atoms with van der Waals surface area (Å²) in [6, 6.07) is 12.4. The van der Waals surface area contributed by atoms with Gasteiger partial charge in [-0.2, -0.15) is 0 Å². The molecule has 156 valence electrons. The molecule has 0 aromatic heterocycles. The van der Waals surface area contributed by atoms with Crippen LogP contribution in [-0.4, -0.2) is 43.4 Å². The SMILES string of the molecule is COc1ccc(/C=C2\CCCC(CN(C)C)C2(O)Cc2c(F)cccc2Cl)cc1. The Morgan fingerprint density at radius 3 is 2.59 bits per heavy atom. The van der Waals surface area contributed by atoms with Crippen molar-refractivity contribution in [3.63, 3.8) is 0 Å². The Balaban J connectivity index is 2.03. The van der Waals surface area contributed by atoms with Crippen molar-refractivity contribution in [3.05, 3.63) is 70.0 Å². The Labute approximate surface area is 177 Å². The molecular formula is C24H29ClFNO2. The first kappa shape index (κ1) is 21.8. The molecule has 0 radical (unpaired) electrons. The zero-order valence-corrected chi connectivity index (χ0v) is 18.0. The molecule has 2 aromatic rings. The van der Waals surface area contributed by atoms with Crippen LogP contribution in [0.25, 0.3) is 6.08 Å². The van der Waals surface area contributed by atoms with Gasteiger partial charge in [-0.15, -0.1) is 0 Å². The highest BCUT2D eigenvalue weighted by Gasteiger charge is 2.43. The number of halogens is 2. The Hall–Kier alpha value is -1.88. The van der Waals surface area contributed by atoms with Crippen molar-refractivity contribution >= 4 is 17.7 Å². The smallest absolute Gasteiger partial charge is 0.128 e. The number of hydrogen-bond donors (Lipinski definition) is 1. The topological polar surface area (TPSA) is 32.7 Å². The van der Waals surface area contributed by atoms with Gasteiger partial charge in [0.1, 0.15) is 11.6 Å². The quantitative estimate of drug-likeness (QED) is 0.700. The van der Waals surface area contributed by atoms with E-state index in [1.54, 1.807) is 19.2 Å². The van der Waals surface area contributed by atoms with E-state index in [0.29, 0.717) is 10.6 Å². The van der Waals surface area contributed by atoms with E-state index in [2.05, 4.69) is 4.90 Å². The van der Waals surface area contributed by atoms with Crippen LogP contribution in [0.15, 0.2) is 48.0 Å². The third-order valence-electron chi connectivity index (χ3n) is 5.78. The van der Waals surface area contributed by atoms with E-state index >= 15 is 0 Å². The van der Waals surface area contributed by atoms with Gasteiger partial charge in [0, 0.05) is 29.5 Å². The highest BCUT2D eigenvalue weighted by atomic mass is 35.5. The maximum Gasteiger partial charge on any atom is 0.128 e. The van der Waals surface area contributed by atoms with Crippen LogP contribution < -0.4 is 4.74 Å². The van der Waals surface area contributed by atoms with Gasteiger partial charge in [0.2, 0.25) is 0 Å². The van der Waals surface area contributed by atoms with E-state index in [-0.39, 0.29) is 18.2 Å². The molecule has 1 N–H and O–H groups in total. The van der Waals surface area contributed by atoms with E-state index in [1.165, 1.54) is 6.07 Å². The molecule has 1 saturated carbocycles. The number of hydrogen-bond acceptors (Lipinski definition) is 3. The Morgan fingerprint density at radius 1 is 1.24 bits per heavy atom. The molecule has 1 aliphatic rings. The standard InChI is InChI=1S/C24H29ClFNO2/c1-27(2)16-19-7-4-6-18(14-17-10-12-20(29-3)13-11-17)24(19,28)15-21-22(25)8-5-9-23(21)26/h5,8-14,19,28H,4,6-7,15-16H2,1-3H3/b18-14+. The minimum Gasteiger partial charge on any atom is -0.497 e. The van der Waals surface area contributed by atoms with Crippen LogP contribution in [0, 0.1) is 11.7 Å². The minimum atomic E-state index is -1.16. The molecule has 2 aromatic carbocycles. The van der Waals surface area contributed by atoms with E-state index in [1.807, 2.05) is 44.4 Å². The average Bonchev–Trinajstić information content (AvgIpc) is 2.68. The van der Waals surface area contributed by atoms with Gasteiger partial charge in [0.05, 0.1) is 12.7 Å². The normalized spacial score (nSPS) is 23.6. The van der Waals surface area contributed by atoms with Crippen LogP contribution in [0.3, 0.4) is 0 Å². The second-order valence-electron chi connectivity index (χ2n) is 8.10. The van der Waals surface area contributed by atoms with Crippen molar-refractivity contribution in [1.82, 2.24) is 4.90 Å². The molecule has 0 bridgehead atoms. The zero-order chi connectivity index (χ0) is 21.0. The van der Waals surface area contributed by atoms with Crippen LogP contribution in [0.2, 0.25) is 5.02 Å². The van der Waals surface area contributed by atoms with Gasteiger partial charge in [0.25, 0.3) is 0 Å². The molecule has 0 heterocycles. The van der Waals surface area contributed by atoms with Gasteiger partial charge in [-0.25, -0.2) is 4.39 Å². The molecule has 0 saturated heterocycles. The van der Waals surface area contributed by atoms with E-state index < -0.39 is 5.60 Å². The Kier molecular flexibility index (Phi) is 6.99. The Bertz CT molecular complexity index is 845. The lowest BCUT2D eigenvalue weighted by atomic mass is 9.68. The number of nitrogens with zero attached hydrogens (tertiary/aromatic N) is 1. The number of ether oxygens (including phenoxy) is 1. The van der Waals surface area contributed by atoms with E-state index in [9.17, 15) is 9.50 Å². The van der Waals surface area contributed by atoms with Crippen molar-refractivity contribution in [2.24, 2.45) is 5.92 Å². The van der Waals surface area contributed by atoms with Gasteiger partial charge in [0.15, 0.2) is 0 Å². The second kappa shape index (κ2) is 9.29. The van der Waals surface area contributed by atoms with Gasteiger partial charge in [-0.05, 0) is 68.8 Å². The summed E-state index contributed by atoms with van der Waals surface area (Å²) < 4.78 is 19.8. The van der Waals surface area contributed by atoms with E-state index in [0.717, 1.165) is 42.7 Å². The lowest BCUT2D eigenvalue weighted by molar-refractivity contribution is -0.0128. The van der Waals surface area contributed by atoms with Crippen LogP contribution in [0.4, 0.5) is 4.39 Å². The summed E-state index contributed by atoms with van der Waals surface area (Å²) in [5.74, 6) is 0.407. The molecule has 3 rings (SSSR count). The summed E-state index contributed by atoms with van der Waals surface area (Å²) in [6.07, 6.45) is 4.86. The molecule has 0 amide bonds. The van der Waals surface area contributed by atoms with Crippen LogP contribution >= 0.6 is 11.6 Å². The molecule has 2 unspecified atom stereocenters. The van der Waals surface area contributed by atoms with Gasteiger partial charge < -0.3 is 14.7 Å². The van der Waals surface area contributed by atoms with E-state index in [4.69, 9.17) is 16.3 Å². The number of methoxy groups -OCH3 is 1. The van der Waals surface area contributed by atoms with Crippen LogP contribution in [-0.2, 0) is 6.42 Å². The van der Waals surface area contributed by atoms with Crippen molar-refractivity contribution < 1.29 is 14.2 Å². The minimum absolute atomic E-state index is 0.00794. The third-order valence-corrected chi connectivity index (χ3v) is 6.13. The first-order chi connectivity index (χ1) is 13.8. The van der Waals surface area contributed by atoms with Crippen molar-refractivity contribution in [2.75, 3.05) is 27.7 Å². The summed E-state index contributed by atoms with van der Waals surface area (Å²) in [6.45, 7) is 0.725. The summed E-state index contributed by atoms with van der Waals surface area (Å²) in [5, 5.41) is 12.3. The van der Waals surface area contributed by atoms with Gasteiger partial charge in [-0.1, -0.05) is 35.9 Å². The first-order valence-corrected chi connectivity index (χ1v) is 10.4. The molecule has 3 nitrogen and oxygen atoms in total.